The van der Waals surface area contributed by atoms with Crippen LogP contribution in [0.15, 0.2) is 24.4 Å². The van der Waals surface area contributed by atoms with Gasteiger partial charge in [-0.05, 0) is 31.9 Å². The third kappa shape index (κ3) is 4.08. The van der Waals surface area contributed by atoms with E-state index in [1.165, 1.54) is 32.1 Å². The molecule has 112 valence electrons. The SMILES string of the molecule is Cc1nnc(CN(Cc2ccccn2)C2CCCCC2)s1. The van der Waals surface area contributed by atoms with Crippen molar-refractivity contribution in [3.05, 3.63) is 40.1 Å². The maximum atomic E-state index is 4.49. The smallest absolute Gasteiger partial charge is 0.131 e. The van der Waals surface area contributed by atoms with Crippen molar-refractivity contribution in [2.45, 2.75) is 58.2 Å². The van der Waals surface area contributed by atoms with Crippen molar-refractivity contribution in [3.63, 3.8) is 0 Å². The lowest BCUT2D eigenvalue weighted by molar-refractivity contribution is 0.138. The van der Waals surface area contributed by atoms with E-state index < -0.39 is 0 Å². The predicted molar refractivity (Wildman–Crippen MR) is 85.0 cm³/mol. The highest BCUT2D eigenvalue weighted by Gasteiger charge is 2.22. The van der Waals surface area contributed by atoms with E-state index >= 15 is 0 Å². The van der Waals surface area contributed by atoms with Gasteiger partial charge in [0.25, 0.3) is 0 Å². The standard InChI is InChI=1S/C16H22N4S/c1-13-18-19-16(21-13)12-20(15-8-3-2-4-9-15)11-14-7-5-6-10-17-14/h5-7,10,15H,2-4,8-9,11-12H2,1H3. The van der Waals surface area contributed by atoms with Crippen LogP contribution in [-0.4, -0.2) is 26.1 Å². The van der Waals surface area contributed by atoms with Gasteiger partial charge < -0.3 is 0 Å². The van der Waals surface area contributed by atoms with Crippen molar-refractivity contribution in [2.24, 2.45) is 0 Å². The Bertz CT molecular complexity index is 548. The molecular weight excluding hydrogens is 280 g/mol. The minimum absolute atomic E-state index is 0.657. The van der Waals surface area contributed by atoms with Crippen LogP contribution in [0.5, 0.6) is 0 Å². The van der Waals surface area contributed by atoms with Crippen LogP contribution in [0.4, 0.5) is 0 Å². The second kappa shape index (κ2) is 7.09. The molecule has 0 unspecified atom stereocenters. The Morgan fingerprint density at radius 3 is 2.67 bits per heavy atom. The predicted octanol–water partition coefficient (Wildman–Crippen LogP) is 3.58. The Balaban J connectivity index is 1.73. The van der Waals surface area contributed by atoms with E-state index in [9.17, 15) is 0 Å². The van der Waals surface area contributed by atoms with E-state index in [0.717, 1.165) is 28.8 Å². The minimum Gasteiger partial charge on any atom is -0.288 e. The normalized spacial score (nSPS) is 16.5. The molecule has 2 heterocycles. The first-order valence-corrected chi connectivity index (χ1v) is 8.56. The highest BCUT2D eigenvalue weighted by Crippen LogP contribution is 2.26. The molecule has 3 rings (SSSR count). The minimum atomic E-state index is 0.657. The molecule has 0 radical (unpaired) electrons. The maximum absolute atomic E-state index is 4.49. The summed E-state index contributed by atoms with van der Waals surface area (Å²) in [5.41, 5.74) is 1.14. The van der Waals surface area contributed by atoms with E-state index in [1.807, 2.05) is 19.2 Å². The van der Waals surface area contributed by atoms with Crippen LogP contribution in [0, 0.1) is 6.92 Å². The molecule has 0 atom stereocenters. The molecule has 5 heteroatoms. The molecular formula is C16H22N4S. The van der Waals surface area contributed by atoms with Crippen molar-refractivity contribution >= 4 is 11.3 Å². The number of pyridine rings is 1. The summed E-state index contributed by atoms with van der Waals surface area (Å²) < 4.78 is 0. The van der Waals surface area contributed by atoms with Crippen LogP contribution in [0.2, 0.25) is 0 Å². The van der Waals surface area contributed by atoms with Gasteiger partial charge in [0.2, 0.25) is 0 Å². The molecule has 0 bridgehead atoms. The van der Waals surface area contributed by atoms with Gasteiger partial charge in [-0.3, -0.25) is 9.88 Å². The third-order valence-electron chi connectivity index (χ3n) is 4.09. The van der Waals surface area contributed by atoms with Crippen molar-refractivity contribution in [1.29, 1.82) is 0 Å². The molecule has 0 aliphatic heterocycles. The lowest BCUT2D eigenvalue weighted by Crippen LogP contribution is -2.36. The molecule has 1 fully saturated rings. The molecule has 1 aliphatic carbocycles. The number of hydrogen-bond donors (Lipinski definition) is 0. The molecule has 0 saturated heterocycles. The first kappa shape index (κ1) is 14.6. The fraction of sp³-hybridized carbons (Fsp3) is 0.562. The first-order chi connectivity index (χ1) is 10.3. The first-order valence-electron chi connectivity index (χ1n) is 7.74. The topological polar surface area (TPSA) is 41.9 Å². The monoisotopic (exact) mass is 302 g/mol. The van der Waals surface area contributed by atoms with Gasteiger partial charge in [-0.2, -0.15) is 0 Å². The van der Waals surface area contributed by atoms with Gasteiger partial charge in [-0.25, -0.2) is 0 Å². The molecule has 21 heavy (non-hydrogen) atoms. The summed E-state index contributed by atoms with van der Waals surface area (Å²) in [7, 11) is 0. The van der Waals surface area contributed by atoms with E-state index in [-0.39, 0.29) is 0 Å². The second-order valence-corrected chi connectivity index (χ2v) is 7.00. The average molecular weight is 302 g/mol. The molecule has 0 aromatic carbocycles. The summed E-state index contributed by atoms with van der Waals surface area (Å²) in [6, 6.07) is 6.81. The van der Waals surface area contributed by atoms with Crippen LogP contribution in [-0.2, 0) is 13.1 Å². The Morgan fingerprint density at radius 2 is 2.00 bits per heavy atom. The van der Waals surface area contributed by atoms with Crippen molar-refractivity contribution < 1.29 is 0 Å². The summed E-state index contributed by atoms with van der Waals surface area (Å²) in [6.07, 6.45) is 8.54. The maximum Gasteiger partial charge on any atom is 0.131 e. The van der Waals surface area contributed by atoms with Gasteiger partial charge in [-0.1, -0.05) is 25.3 Å². The van der Waals surface area contributed by atoms with Crippen molar-refractivity contribution in [1.82, 2.24) is 20.1 Å². The van der Waals surface area contributed by atoms with Gasteiger partial charge in [-0.15, -0.1) is 21.5 Å². The Hall–Kier alpha value is -1.33. The lowest BCUT2D eigenvalue weighted by atomic mass is 9.94. The van der Waals surface area contributed by atoms with Crippen LogP contribution in [0.25, 0.3) is 0 Å². The van der Waals surface area contributed by atoms with Crippen LogP contribution < -0.4 is 0 Å². The Kier molecular flexibility index (Phi) is 4.93. The zero-order chi connectivity index (χ0) is 14.5. The Labute approximate surface area is 130 Å². The fourth-order valence-electron chi connectivity index (χ4n) is 3.04. The average Bonchev–Trinajstić information content (AvgIpc) is 2.94. The van der Waals surface area contributed by atoms with Crippen molar-refractivity contribution in [3.8, 4) is 0 Å². The summed E-state index contributed by atoms with van der Waals surface area (Å²) in [5.74, 6) is 0. The third-order valence-corrected chi connectivity index (χ3v) is 4.91. The molecule has 4 nitrogen and oxygen atoms in total. The van der Waals surface area contributed by atoms with Gasteiger partial charge >= 0.3 is 0 Å². The van der Waals surface area contributed by atoms with Gasteiger partial charge in [0, 0.05) is 18.8 Å². The molecule has 1 saturated carbocycles. The van der Waals surface area contributed by atoms with Gasteiger partial charge in [0.15, 0.2) is 0 Å². The van der Waals surface area contributed by atoms with Gasteiger partial charge in [0.05, 0.1) is 12.2 Å². The summed E-state index contributed by atoms with van der Waals surface area (Å²) in [4.78, 5) is 7.03. The zero-order valence-electron chi connectivity index (χ0n) is 12.5. The molecule has 0 N–H and O–H groups in total. The summed E-state index contributed by atoms with van der Waals surface area (Å²) >= 11 is 1.71. The number of hydrogen-bond acceptors (Lipinski definition) is 5. The number of aromatic nitrogens is 3. The fourth-order valence-corrected chi connectivity index (χ4v) is 3.77. The lowest BCUT2D eigenvalue weighted by Gasteiger charge is -2.33. The van der Waals surface area contributed by atoms with E-state index in [1.54, 1.807) is 11.3 Å². The van der Waals surface area contributed by atoms with E-state index in [4.69, 9.17) is 0 Å². The second-order valence-electron chi connectivity index (χ2n) is 5.73. The molecule has 1 aliphatic rings. The number of rotatable bonds is 5. The molecule has 2 aromatic heterocycles. The highest BCUT2D eigenvalue weighted by atomic mass is 32.1. The largest absolute Gasteiger partial charge is 0.288 e. The van der Waals surface area contributed by atoms with Crippen molar-refractivity contribution in [2.75, 3.05) is 0 Å². The number of aryl methyl sites for hydroxylation is 1. The van der Waals surface area contributed by atoms with Crippen LogP contribution in [0.3, 0.4) is 0 Å². The number of nitrogens with zero attached hydrogens (tertiary/aromatic N) is 4. The summed E-state index contributed by atoms with van der Waals surface area (Å²) in [5, 5.41) is 10.6. The van der Waals surface area contributed by atoms with E-state index in [2.05, 4.69) is 32.2 Å². The van der Waals surface area contributed by atoms with Crippen LogP contribution in [0.1, 0.15) is 47.8 Å². The van der Waals surface area contributed by atoms with E-state index in [0.29, 0.717) is 6.04 Å². The molecule has 0 amide bonds. The van der Waals surface area contributed by atoms with Crippen LogP contribution >= 0.6 is 11.3 Å². The summed E-state index contributed by atoms with van der Waals surface area (Å²) in [6.45, 7) is 3.82. The highest BCUT2D eigenvalue weighted by molar-refractivity contribution is 7.11. The molecule has 2 aromatic rings. The van der Waals surface area contributed by atoms with Gasteiger partial charge in [0.1, 0.15) is 10.0 Å². The quantitative estimate of drug-likeness (QED) is 0.846. The Morgan fingerprint density at radius 1 is 1.14 bits per heavy atom. The molecule has 0 spiro atoms. The zero-order valence-corrected chi connectivity index (χ0v) is 13.4.